The Morgan fingerprint density at radius 2 is 1.92 bits per heavy atom. The van der Waals surface area contributed by atoms with Gasteiger partial charge >= 0.3 is 0 Å². The molecule has 7 nitrogen and oxygen atoms in total. The maximum Gasteiger partial charge on any atom is 0.154 e. The third kappa shape index (κ3) is 2.99. The highest BCUT2D eigenvalue weighted by Crippen LogP contribution is 2.36. The molecule has 0 N–H and O–H groups in total. The van der Waals surface area contributed by atoms with E-state index in [1.807, 2.05) is 48.1 Å². The van der Waals surface area contributed by atoms with Crippen molar-refractivity contribution in [1.82, 2.24) is 24.4 Å². The highest BCUT2D eigenvalue weighted by atomic mass is 32.2. The number of nitrogens with zero attached hydrogens (tertiary/aromatic N) is 5. The first-order valence-corrected chi connectivity index (χ1v) is 8.73. The van der Waals surface area contributed by atoms with Gasteiger partial charge in [-0.2, -0.15) is 10.2 Å². The molecule has 3 heterocycles. The van der Waals surface area contributed by atoms with Crippen molar-refractivity contribution in [2.24, 2.45) is 7.05 Å². The molecule has 0 saturated carbocycles. The largest absolute Gasteiger partial charge is 0.497 e. The van der Waals surface area contributed by atoms with Gasteiger partial charge in [0.25, 0.3) is 0 Å². The summed E-state index contributed by atoms with van der Waals surface area (Å²) in [5.41, 5.74) is 2.65. The van der Waals surface area contributed by atoms with Crippen LogP contribution >= 0.6 is 11.8 Å². The summed E-state index contributed by atoms with van der Waals surface area (Å²) in [5, 5.41) is 9.78. The second-order valence-electron chi connectivity index (χ2n) is 5.61. The first-order valence-electron chi connectivity index (χ1n) is 7.91. The van der Waals surface area contributed by atoms with Gasteiger partial charge in [0.15, 0.2) is 5.65 Å². The molecule has 8 heteroatoms. The maximum absolute atomic E-state index is 5.45. The van der Waals surface area contributed by atoms with Gasteiger partial charge in [-0.15, -0.1) is 0 Å². The topological polar surface area (TPSA) is 66.5 Å². The molecule has 0 aliphatic rings. The predicted octanol–water partition coefficient (Wildman–Crippen LogP) is 3.30. The highest BCUT2D eigenvalue weighted by molar-refractivity contribution is 7.99. The van der Waals surface area contributed by atoms with Crippen LogP contribution in [0.1, 0.15) is 0 Å². The van der Waals surface area contributed by atoms with E-state index >= 15 is 0 Å². The molecule has 132 valence electrons. The summed E-state index contributed by atoms with van der Waals surface area (Å²) in [6, 6.07) is 9.58. The van der Waals surface area contributed by atoms with E-state index in [1.54, 1.807) is 31.3 Å². The average molecular weight is 367 g/mol. The number of aryl methyl sites for hydroxylation is 1. The Morgan fingerprint density at radius 1 is 1.04 bits per heavy atom. The van der Waals surface area contributed by atoms with E-state index in [1.165, 1.54) is 11.8 Å². The Hall–Kier alpha value is -3.00. The van der Waals surface area contributed by atoms with E-state index in [-0.39, 0.29) is 0 Å². The van der Waals surface area contributed by atoms with Crippen LogP contribution in [0.2, 0.25) is 0 Å². The number of ether oxygens (including phenoxy) is 2. The van der Waals surface area contributed by atoms with Gasteiger partial charge in [0, 0.05) is 18.8 Å². The van der Waals surface area contributed by atoms with Crippen LogP contribution in [0.3, 0.4) is 0 Å². The SMILES string of the molecule is COc1ccc(OC)c(Sc2ccc3ncc(-c4cnn(C)c4)n3n2)c1. The second kappa shape index (κ2) is 6.72. The summed E-state index contributed by atoms with van der Waals surface area (Å²) >= 11 is 1.51. The molecular formula is C18H17N5O2S. The van der Waals surface area contributed by atoms with Crippen molar-refractivity contribution in [3.63, 3.8) is 0 Å². The van der Waals surface area contributed by atoms with Crippen LogP contribution in [0.25, 0.3) is 16.9 Å². The Kier molecular flexibility index (Phi) is 4.26. The number of fused-ring (bicyclic) bond motifs is 1. The molecule has 0 saturated heterocycles. The fourth-order valence-electron chi connectivity index (χ4n) is 2.64. The van der Waals surface area contributed by atoms with Crippen molar-refractivity contribution >= 4 is 17.4 Å². The summed E-state index contributed by atoms with van der Waals surface area (Å²) in [4.78, 5) is 5.36. The predicted molar refractivity (Wildman–Crippen MR) is 98.9 cm³/mol. The lowest BCUT2D eigenvalue weighted by Crippen LogP contribution is -1.96. The molecule has 0 radical (unpaired) electrons. The molecule has 4 aromatic rings. The van der Waals surface area contributed by atoms with Crippen LogP contribution in [-0.2, 0) is 7.05 Å². The number of hydrogen-bond acceptors (Lipinski definition) is 6. The van der Waals surface area contributed by atoms with E-state index in [4.69, 9.17) is 14.6 Å². The minimum atomic E-state index is 0.771. The van der Waals surface area contributed by atoms with Gasteiger partial charge in [0.05, 0.1) is 37.2 Å². The maximum atomic E-state index is 5.45. The zero-order valence-electron chi connectivity index (χ0n) is 14.6. The molecule has 3 aromatic heterocycles. The molecule has 0 amide bonds. The third-order valence-corrected chi connectivity index (χ3v) is 4.89. The number of rotatable bonds is 5. The van der Waals surface area contributed by atoms with E-state index in [9.17, 15) is 0 Å². The molecule has 0 spiro atoms. The zero-order valence-corrected chi connectivity index (χ0v) is 15.4. The summed E-state index contributed by atoms with van der Waals surface area (Å²) in [5.74, 6) is 1.55. The standard InChI is InChI=1S/C18H17N5O2S/c1-22-11-12(9-20-22)14-10-19-17-6-7-18(21-23(14)17)26-16-8-13(24-2)4-5-15(16)25-3/h4-11H,1-3H3. The van der Waals surface area contributed by atoms with Gasteiger partial charge in [0.1, 0.15) is 16.5 Å². The Morgan fingerprint density at radius 3 is 2.65 bits per heavy atom. The van der Waals surface area contributed by atoms with E-state index in [0.29, 0.717) is 0 Å². The Bertz CT molecular complexity index is 1070. The van der Waals surface area contributed by atoms with Gasteiger partial charge in [0.2, 0.25) is 0 Å². The number of methoxy groups -OCH3 is 2. The lowest BCUT2D eigenvalue weighted by atomic mass is 10.3. The fourth-order valence-corrected chi connectivity index (χ4v) is 3.55. The van der Waals surface area contributed by atoms with Crippen LogP contribution in [-0.4, -0.2) is 38.6 Å². The van der Waals surface area contributed by atoms with Crippen LogP contribution < -0.4 is 9.47 Å². The normalized spacial score (nSPS) is 11.0. The van der Waals surface area contributed by atoms with Gasteiger partial charge in [-0.25, -0.2) is 9.50 Å². The summed E-state index contributed by atoms with van der Waals surface area (Å²) in [6.07, 6.45) is 5.55. The van der Waals surface area contributed by atoms with E-state index in [0.717, 1.165) is 38.3 Å². The van der Waals surface area contributed by atoms with Gasteiger partial charge < -0.3 is 9.47 Å². The lowest BCUT2D eigenvalue weighted by Gasteiger charge is -2.10. The quantitative estimate of drug-likeness (QED) is 0.539. The third-order valence-electron chi connectivity index (χ3n) is 3.92. The van der Waals surface area contributed by atoms with Crippen molar-refractivity contribution in [2.45, 2.75) is 9.92 Å². The van der Waals surface area contributed by atoms with Crippen LogP contribution in [0.15, 0.2) is 58.8 Å². The molecule has 0 aliphatic heterocycles. The molecule has 1 aromatic carbocycles. The number of imidazole rings is 1. The summed E-state index contributed by atoms with van der Waals surface area (Å²) in [7, 11) is 5.18. The monoisotopic (exact) mass is 367 g/mol. The first-order chi connectivity index (χ1) is 12.7. The van der Waals surface area contributed by atoms with Gasteiger partial charge in [-0.3, -0.25) is 4.68 Å². The molecule has 0 atom stereocenters. The molecule has 4 rings (SSSR count). The van der Waals surface area contributed by atoms with E-state index < -0.39 is 0 Å². The first kappa shape index (κ1) is 16.5. The van der Waals surface area contributed by atoms with Crippen molar-refractivity contribution < 1.29 is 9.47 Å². The minimum Gasteiger partial charge on any atom is -0.497 e. The minimum absolute atomic E-state index is 0.771. The fraction of sp³-hybridized carbons (Fsp3) is 0.167. The van der Waals surface area contributed by atoms with Crippen molar-refractivity contribution in [3.8, 4) is 22.8 Å². The smallest absolute Gasteiger partial charge is 0.154 e. The van der Waals surface area contributed by atoms with Crippen molar-refractivity contribution in [3.05, 3.63) is 48.9 Å². The van der Waals surface area contributed by atoms with Gasteiger partial charge in [-0.1, -0.05) is 11.8 Å². The van der Waals surface area contributed by atoms with Gasteiger partial charge in [-0.05, 0) is 30.3 Å². The molecular weight excluding hydrogens is 350 g/mol. The average Bonchev–Trinajstić information content (AvgIpc) is 3.27. The summed E-state index contributed by atoms with van der Waals surface area (Å²) < 4.78 is 14.4. The molecule has 26 heavy (non-hydrogen) atoms. The van der Waals surface area contributed by atoms with Crippen LogP contribution in [0, 0.1) is 0 Å². The molecule has 0 bridgehead atoms. The van der Waals surface area contributed by atoms with Crippen molar-refractivity contribution in [1.29, 1.82) is 0 Å². The number of benzene rings is 1. The van der Waals surface area contributed by atoms with Crippen LogP contribution in [0.5, 0.6) is 11.5 Å². The lowest BCUT2D eigenvalue weighted by molar-refractivity contribution is 0.394. The molecule has 0 fully saturated rings. The van der Waals surface area contributed by atoms with Crippen molar-refractivity contribution in [2.75, 3.05) is 14.2 Å². The second-order valence-corrected chi connectivity index (χ2v) is 6.67. The highest BCUT2D eigenvalue weighted by Gasteiger charge is 2.12. The zero-order chi connectivity index (χ0) is 18.1. The molecule has 0 aliphatic carbocycles. The Labute approximate surface area is 154 Å². The molecule has 0 unspecified atom stereocenters. The van der Waals surface area contributed by atoms with E-state index in [2.05, 4.69) is 10.1 Å². The number of hydrogen-bond donors (Lipinski definition) is 0. The van der Waals surface area contributed by atoms with Crippen LogP contribution in [0.4, 0.5) is 0 Å². The Balaban J connectivity index is 1.74. The summed E-state index contributed by atoms with van der Waals surface area (Å²) in [6.45, 7) is 0. The number of aromatic nitrogens is 5.